The fourth-order valence-corrected chi connectivity index (χ4v) is 8.68. The summed E-state index contributed by atoms with van der Waals surface area (Å²) < 4.78 is 30.5. The number of amides is 2. The van der Waals surface area contributed by atoms with Gasteiger partial charge >= 0.3 is 6.03 Å². The summed E-state index contributed by atoms with van der Waals surface area (Å²) in [4.78, 5) is 31.0. The first-order chi connectivity index (χ1) is 23.5. The quantitative estimate of drug-likeness (QED) is 0.209. The van der Waals surface area contributed by atoms with E-state index in [0.717, 1.165) is 39.9 Å². The van der Waals surface area contributed by atoms with E-state index in [9.17, 15) is 18.0 Å². The molecule has 1 aromatic heterocycles. The van der Waals surface area contributed by atoms with Crippen LogP contribution < -0.4 is 5.32 Å². The van der Waals surface area contributed by atoms with E-state index >= 15 is 0 Å². The van der Waals surface area contributed by atoms with Crippen molar-refractivity contribution in [2.75, 3.05) is 11.9 Å². The van der Waals surface area contributed by atoms with Crippen molar-refractivity contribution in [2.45, 2.75) is 64.6 Å². The number of fused-ring (bicyclic) bond motifs is 2. The third kappa shape index (κ3) is 5.87. The second-order valence-electron chi connectivity index (χ2n) is 13.1. The van der Waals surface area contributed by atoms with Gasteiger partial charge in [-0.05, 0) is 110 Å². The van der Waals surface area contributed by atoms with Gasteiger partial charge in [0, 0.05) is 48.2 Å². The highest BCUT2D eigenvalue weighted by molar-refractivity contribution is 7.89. The highest BCUT2D eigenvalue weighted by Gasteiger charge is 2.34. The molecule has 0 bridgehead atoms. The number of para-hydroxylation sites is 1. The van der Waals surface area contributed by atoms with Crippen LogP contribution in [0.15, 0.2) is 102 Å². The molecule has 7 rings (SSSR count). The van der Waals surface area contributed by atoms with Crippen LogP contribution in [0.5, 0.6) is 0 Å². The van der Waals surface area contributed by atoms with Crippen LogP contribution in [-0.4, -0.2) is 46.7 Å². The Labute approximate surface area is 288 Å². The van der Waals surface area contributed by atoms with Crippen LogP contribution >= 0.6 is 0 Å². The summed E-state index contributed by atoms with van der Waals surface area (Å²) in [6, 6.07) is 29.5. The Bertz CT molecular complexity index is 2190. The van der Waals surface area contributed by atoms with E-state index in [1.54, 1.807) is 34.9 Å². The molecular formula is C40H40N4O4S. The minimum atomic E-state index is -3.74. The predicted molar refractivity (Wildman–Crippen MR) is 192 cm³/mol. The highest BCUT2D eigenvalue weighted by atomic mass is 32.2. The van der Waals surface area contributed by atoms with Crippen LogP contribution in [0.1, 0.15) is 56.4 Å². The Morgan fingerprint density at radius 1 is 0.755 bits per heavy atom. The van der Waals surface area contributed by atoms with Crippen LogP contribution in [0.2, 0.25) is 0 Å². The maximum Gasteiger partial charge on any atom is 0.330 e. The standard InChI is InChI=1S/C40H40N4O4S/c1-26-21-30-13-11-12-14-32(30)25-43(26)39(45)37-23-33-24-42(49(47,48)35-17-9-6-10-18-35)20-19-31(33)22-36(37)38-28(3)27(2)29(4)44(38)40(46)41-34-15-7-5-8-16-34/h5-18,22-23,26H,19-21,24-25H2,1-4H3,(H,41,46)/t26-/m1/s1. The largest absolute Gasteiger partial charge is 0.331 e. The SMILES string of the molecule is Cc1c(C)c(-c2cc3c(cc2C(=O)N2Cc4ccccc4C[C@H]2C)CN(S(=O)(=O)c2ccccc2)CC3)n(C(=O)Nc2ccccc2)c1C. The molecule has 0 fully saturated rings. The van der Waals surface area contributed by atoms with Gasteiger partial charge in [0.05, 0.1) is 10.6 Å². The Kier molecular flexibility index (Phi) is 8.50. The lowest BCUT2D eigenvalue weighted by molar-refractivity contribution is 0.0658. The molecule has 2 aliphatic heterocycles. The zero-order valence-electron chi connectivity index (χ0n) is 28.2. The van der Waals surface area contributed by atoms with Gasteiger partial charge in [-0.25, -0.2) is 13.2 Å². The number of rotatable bonds is 5. The molecule has 5 aromatic rings. The fraction of sp³-hybridized carbons (Fsp3) is 0.250. The van der Waals surface area contributed by atoms with Gasteiger partial charge in [-0.15, -0.1) is 0 Å². The minimum Gasteiger partial charge on any atom is -0.331 e. The number of carbonyl (C=O) groups excluding carboxylic acids is 2. The average Bonchev–Trinajstić information content (AvgIpc) is 3.34. The minimum absolute atomic E-state index is 0.0565. The van der Waals surface area contributed by atoms with Gasteiger partial charge in [-0.3, -0.25) is 9.36 Å². The first kappa shape index (κ1) is 32.6. The van der Waals surface area contributed by atoms with Crippen molar-refractivity contribution in [1.82, 2.24) is 13.8 Å². The van der Waals surface area contributed by atoms with Crippen molar-refractivity contribution >= 4 is 27.6 Å². The Morgan fingerprint density at radius 2 is 1.41 bits per heavy atom. The van der Waals surface area contributed by atoms with Gasteiger partial charge < -0.3 is 10.2 Å². The third-order valence-corrected chi connectivity index (χ3v) is 12.1. The van der Waals surface area contributed by atoms with E-state index in [0.29, 0.717) is 42.0 Å². The van der Waals surface area contributed by atoms with Crippen molar-refractivity contribution in [2.24, 2.45) is 0 Å². The molecule has 0 aliphatic carbocycles. The molecule has 8 nitrogen and oxygen atoms in total. The Hall–Kier alpha value is -4.99. The van der Waals surface area contributed by atoms with Crippen LogP contribution in [0.25, 0.3) is 11.3 Å². The molecule has 250 valence electrons. The van der Waals surface area contributed by atoms with Crippen molar-refractivity contribution in [3.8, 4) is 11.3 Å². The van der Waals surface area contributed by atoms with Crippen LogP contribution in [-0.2, 0) is 36.0 Å². The number of hydrogen-bond donors (Lipinski definition) is 1. The van der Waals surface area contributed by atoms with E-state index in [2.05, 4.69) is 24.4 Å². The number of hydrogen-bond acceptors (Lipinski definition) is 4. The molecule has 2 amide bonds. The smallest absolute Gasteiger partial charge is 0.330 e. The van der Waals surface area contributed by atoms with E-state index in [-0.39, 0.29) is 29.4 Å². The number of carbonyl (C=O) groups is 2. The van der Waals surface area contributed by atoms with Gasteiger partial charge in [0.25, 0.3) is 5.91 Å². The summed E-state index contributed by atoms with van der Waals surface area (Å²) in [6.07, 6.45) is 1.21. The molecule has 0 radical (unpaired) electrons. The molecule has 0 saturated heterocycles. The lowest BCUT2D eigenvalue weighted by Gasteiger charge is -2.36. The van der Waals surface area contributed by atoms with Crippen molar-refractivity contribution in [1.29, 1.82) is 0 Å². The normalized spacial score (nSPS) is 16.2. The molecule has 9 heteroatoms. The maximum atomic E-state index is 14.9. The highest BCUT2D eigenvalue weighted by Crippen LogP contribution is 2.38. The Morgan fingerprint density at radius 3 is 2.12 bits per heavy atom. The lowest BCUT2D eigenvalue weighted by atomic mass is 9.89. The zero-order valence-corrected chi connectivity index (χ0v) is 29.0. The summed E-state index contributed by atoms with van der Waals surface area (Å²) in [5, 5.41) is 3.04. The van der Waals surface area contributed by atoms with Crippen molar-refractivity contribution in [3.05, 3.63) is 142 Å². The summed E-state index contributed by atoms with van der Waals surface area (Å²) >= 11 is 0. The number of nitrogens with zero attached hydrogens (tertiary/aromatic N) is 3. The number of anilines is 1. The molecule has 2 aliphatic rings. The molecule has 49 heavy (non-hydrogen) atoms. The average molecular weight is 673 g/mol. The Balaban J connectivity index is 1.37. The van der Waals surface area contributed by atoms with Crippen LogP contribution in [0.3, 0.4) is 0 Å². The molecule has 3 heterocycles. The van der Waals surface area contributed by atoms with Crippen molar-refractivity contribution in [3.63, 3.8) is 0 Å². The van der Waals surface area contributed by atoms with E-state index < -0.39 is 10.0 Å². The van der Waals surface area contributed by atoms with Gasteiger partial charge in [0.1, 0.15) is 0 Å². The van der Waals surface area contributed by atoms with E-state index in [4.69, 9.17) is 0 Å². The number of benzene rings is 4. The molecule has 4 aromatic carbocycles. The summed E-state index contributed by atoms with van der Waals surface area (Å²) in [7, 11) is -3.74. The maximum absolute atomic E-state index is 14.9. The van der Waals surface area contributed by atoms with Crippen molar-refractivity contribution < 1.29 is 18.0 Å². The molecule has 1 N–H and O–H groups in total. The van der Waals surface area contributed by atoms with Crippen LogP contribution in [0.4, 0.5) is 10.5 Å². The lowest BCUT2D eigenvalue weighted by Crippen LogP contribution is -2.43. The van der Waals surface area contributed by atoms with Gasteiger partial charge in [0.15, 0.2) is 0 Å². The molecular weight excluding hydrogens is 633 g/mol. The zero-order chi connectivity index (χ0) is 34.4. The van der Waals surface area contributed by atoms with Gasteiger partial charge in [-0.2, -0.15) is 4.31 Å². The summed E-state index contributed by atoms with van der Waals surface area (Å²) in [5.41, 5.74) is 9.24. The monoisotopic (exact) mass is 672 g/mol. The first-order valence-corrected chi connectivity index (χ1v) is 18.1. The number of sulfonamides is 1. The first-order valence-electron chi connectivity index (χ1n) is 16.7. The van der Waals surface area contributed by atoms with Crippen LogP contribution in [0, 0.1) is 20.8 Å². The molecule has 0 unspecified atom stereocenters. The third-order valence-electron chi connectivity index (χ3n) is 10.2. The second-order valence-corrected chi connectivity index (χ2v) is 15.1. The van der Waals surface area contributed by atoms with Gasteiger partial charge in [0.2, 0.25) is 10.0 Å². The van der Waals surface area contributed by atoms with E-state index in [1.165, 1.54) is 9.87 Å². The number of aromatic nitrogens is 1. The van der Waals surface area contributed by atoms with E-state index in [1.807, 2.05) is 80.3 Å². The molecule has 0 spiro atoms. The second kappa shape index (κ2) is 12.8. The van der Waals surface area contributed by atoms with Gasteiger partial charge in [-0.1, -0.05) is 60.7 Å². The molecule has 0 saturated carbocycles. The summed E-state index contributed by atoms with van der Waals surface area (Å²) in [6.45, 7) is 8.90. The number of nitrogens with one attached hydrogen (secondary N) is 1. The predicted octanol–water partition coefficient (Wildman–Crippen LogP) is 7.49. The topological polar surface area (TPSA) is 91.7 Å². The summed E-state index contributed by atoms with van der Waals surface area (Å²) in [5.74, 6) is -0.145. The molecule has 1 atom stereocenters. The fourth-order valence-electron chi connectivity index (χ4n) is 7.24.